The number of benzene rings is 1. The molecule has 0 bridgehead atoms. The SMILES string of the molecule is Cc1sc2nc(CCC(=O)NCc3cccc(OCCN(C)C4CCOCC4)c3)[nH]c(=O)c2c1C. The van der Waals surface area contributed by atoms with E-state index in [1.807, 2.05) is 38.1 Å². The van der Waals surface area contributed by atoms with Gasteiger partial charge in [0.15, 0.2) is 0 Å². The fourth-order valence-electron chi connectivity index (χ4n) is 4.30. The Morgan fingerprint density at radius 3 is 2.91 bits per heavy atom. The van der Waals surface area contributed by atoms with E-state index < -0.39 is 0 Å². The number of hydrogen-bond acceptors (Lipinski definition) is 7. The minimum absolute atomic E-state index is 0.0873. The number of aryl methyl sites for hydroxylation is 3. The minimum Gasteiger partial charge on any atom is -0.492 e. The molecular weight excluding hydrogens is 464 g/mol. The summed E-state index contributed by atoms with van der Waals surface area (Å²) in [5.74, 6) is 1.25. The van der Waals surface area contributed by atoms with E-state index in [0.29, 0.717) is 36.8 Å². The summed E-state index contributed by atoms with van der Waals surface area (Å²) in [5, 5.41) is 3.60. The second kappa shape index (κ2) is 11.8. The second-order valence-electron chi connectivity index (χ2n) is 9.07. The van der Waals surface area contributed by atoms with Crippen LogP contribution in [-0.4, -0.2) is 60.2 Å². The Hall–Kier alpha value is -2.75. The molecule has 0 atom stereocenters. The molecule has 1 aromatic carbocycles. The van der Waals surface area contributed by atoms with Crippen molar-refractivity contribution in [2.24, 2.45) is 0 Å². The molecule has 188 valence electrons. The van der Waals surface area contributed by atoms with Gasteiger partial charge < -0.3 is 19.8 Å². The molecule has 0 saturated carbocycles. The lowest BCUT2D eigenvalue weighted by Crippen LogP contribution is -2.38. The first-order valence-electron chi connectivity index (χ1n) is 12.2. The number of amides is 1. The molecule has 35 heavy (non-hydrogen) atoms. The quantitative estimate of drug-likeness (QED) is 0.445. The second-order valence-corrected chi connectivity index (χ2v) is 10.3. The van der Waals surface area contributed by atoms with Crippen molar-refractivity contribution >= 4 is 27.5 Å². The molecule has 4 rings (SSSR count). The molecule has 0 aliphatic carbocycles. The van der Waals surface area contributed by atoms with E-state index in [9.17, 15) is 9.59 Å². The van der Waals surface area contributed by atoms with Crippen LogP contribution >= 0.6 is 11.3 Å². The van der Waals surface area contributed by atoms with Crippen LogP contribution in [0.5, 0.6) is 5.75 Å². The van der Waals surface area contributed by atoms with Crippen LogP contribution in [0, 0.1) is 13.8 Å². The van der Waals surface area contributed by atoms with E-state index in [4.69, 9.17) is 9.47 Å². The van der Waals surface area contributed by atoms with Gasteiger partial charge in [0.05, 0.1) is 5.39 Å². The van der Waals surface area contributed by atoms with Gasteiger partial charge in [-0.2, -0.15) is 0 Å². The maximum atomic E-state index is 12.4. The van der Waals surface area contributed by atoms with E-state index >= 15 is 0 Å². The van der Waals surface area contributed by atoms with Crippen LogP contribution in [0.1, 0.15) is 41.1 Å². The van der Waals surface area contributed by atoms with E-state index in [1.54, 1.807) is 0 Å². The minimum atomic E-state index is -0.136. The first-order chi connectivity index (χ1) is 16.9. The van der Waals surface area contributed by atoms with Crippen molar-refractivity contribution < 1.29 is 14.3 Å². The van der Waals surface area contributed by atoms with Crippen LogP contribution in [0.2, 0.25) is 0 Å². The third kappa shape index (κ3) is 6.68. The molecule has 9 heteroatoms. The molecular formula is C26H34N4O4S. The summed E-state index contributed by atoms with van der Waals surface area (Å²) in [6.45, 7) is 7.48. The number of rotatable bonds is 10. The maximum absolute atomic E-state index is 12.4. The average Bonchev–Trinajstić information content (AvgIpc) is 3.15. The van der Waals surface area contributed by atoms with Crippen molar-refractivity contribution in [1.82, 2.24) is 20.2 Å². The molecule has 1 amide bonds. The Morgan fingerprint density at radius 2 is 2.11 bits per heavy atom. The topological polar surface area (TPSA) is 96.5 Å². The molecule has 3 heterocycles. The van der Waals surface area contributed by atoms with Gasteiger partial charge in [0.1, 0.15) is 23.0 Å². The van der Waals surface area contributed by atoms with Crippen molar-refractivity contribution in [1.29, 1.82) is 0 Å². The number of carbonyl (C=O) groups is 1. The van der Waals surface area contributed by atoms with E-state index in [0.717, 1.165) is 59.2 Å². The van der Waals surface area contributed by atoms with Crippen LogP contribution < -0.4 is 15.6 Å². The van der Waals surface area contributed by atoms with Crippen molar-refractivity contribution in [3.8, 4) is 5.75 Å². The standard InChI is InChI=1S/C26H34N4O4S/c1-17-18(2)35-26-24(17)25(32)28-22(29-26)7-8-23(31)27-16-19-5-4-6-21(15-19)34-14-11-30(3)20-9-12-33-13-10-20/h4-6,15,20H,7-14,16H2,1-3H3,(H,27,31)(H,28,29,32). The highest BCUT2D eigenvalue weighted by molar-refractivity contribution is 7.18. The van der Waals surface area contributed by atoms with Crippen LogP contribution in [-0.2, 0) is 22.5 Å². The number of H-pyrrole nitrogens is 1. The van der Waals surface area contributed by atoms with E-state index in [2.05, 4.69) is 27.2 Å². The predicted octanol–water partition coefficient (Wildman–Crippen LogP) is 3.34. The molecule has 0 radical (unpaired) electrons. The van der Waals surface area contributed by atoms with Gasteiger partial charge in [0.2, 0.25) is 5.91 Å². The Balaban J connectivity index is 1.22. The van der Waals surface area contributed by atoms with E-state index in [-0.39, 0.29) is 17.9 Å². The van der Waals surface area contributed by atoms with Crippen LogP contribution in [0.15, 0.2) is 29.1 Å². The molecule has 3 aromatic rings. The number of likely N-dealkylation sites (N-methyl/N-ethyl adjacent to an activating group) is 1. The zero-order chi connectivity index (χ0) is 24.8. The zero-order valence-electron chi connectivity index (χ0n) is 20.7. The van der Waals surface area contributed by atoms with Crippen LogP contribution in [0.3, 0.4) is 0 Å². The Bertz CT molecular complexity index is 1220. The Labute approximate surface area is 209 Å². The number of hydrogen-bond donors (Lipinski definition) is 2. The third-order valence-corrected chi connectivity index (χ3v) is 7.69. The van der Waals surface area contributed by atoms with Crippen molar-refractivity contribution in [2.45, 2.75) is 52.1 Å². The fraction of sp³-hybridized carbons (Fsp3) is 0.500. The largest absolute Gasteiger partial charge is 0.492 e. The number of ether oxygens (including phenoxy) is 2. The summed E-state index contributed by atoms with van der Waals surface area (Å²) in [4.78, 5) is 36.3. The van der Waals surface area contributed by atoms with E-state index in [1.165, 1.54) is 11.3 Å². The van der Waals surface area contributed by atoms with Gasteiger partial charge in [0.25, 0.3) is 5.56 Å². The van der Waals surface area contributed by atoms with Gasteiger partial charge in [-0.15, -0.1) is 11.3 Å². The van der Waals surface area contributed by atoms with Gasteiger partial charge in [-0.1, -0.05) is 12.1 Å². The van der Waals surface area contributed by atoms with Gasteiger partial charge in [0, 0.05) is 50.1 Å². The molecule has 1 saturated heterocycles. The number of aromatic amines is 1. The summed E-state index contributed by atoms with van der Waals surface area (Å²) in [7, 11) is 2.14. The predicted molar refractivity (Wildman–Crippen MR) is 138 cm³/mol. The summed E-state index contributed by atoms with van der Waals surface area (Å²) < 4.78 is 11.4. The van der Waals surface area contributed by atoms with Crippen molar-refractivity contribution in [3.63, 3.8) is 0 Å². The van der Waals surface area contributed by atoms with Gasteiger partial charge in [-0.3, -0.25) is 14.5 Å². The first-order valence-corrected chi connectivity index (χ1v) is 13.0. The van der Waals surface area contributed by atoms with Crippen LogP contribution in [0.25, 0.3) is 10.2 Å². The average molecular weight is 499 g/mol. The highest BCUT2D eigenvalue weighted by atomic mass is 32.1. The summed E-state index contributed by atoms with van der Waals surface area (Å²) in [6.07, 6.45) is 2.78. The highest BCUT2D eigenvalue weighted by Crippen LogP contribution is 2.25. The molecule has 2 aromatic heterocycles. The van der Waals surface area contributed by atoms with Crippen molar-refractivity contribution in [3.05, 3.63) is 56.4 Å². The molecule has 1 aliphatic heterocycles. The Morgan fingerprint density at radius 1 is 1.31 bits per heavy atom. The zero-order valence-corrected chi connectivity index (χ0v) is 21.5. The monoisotopic (exact) mass is 498 g/mol. The number of carbonyl (C=O) groups excluding carboxylic acids is 1. The summed E-state index contributed by atoms with van der Waals surface area (Å²) in [6, 6.07) is 8.36. The lowest BCUT2D eigenvalue weighted by atomic mass is 10.1. The normalized spacial score (nSPS) is 14.5. The van der Waals surface area contributed by atoms with Crippen LogP contribution in [0.4, 0.5) is 0 Å². The van der Waals surface area contributed by atoms with Gasteiger partial charge >= 0.3 is 0 Å². The molecule has 2 N–H and O–H groups in total. The van der Waals surface area contributed by atoms with Gasteiger partial charge in [-0.05, 0) is 57.0 Å². The molecule has 8 nitrogen and oxygen atoms in total. The Kier molecular flexibility index (Phi) is 8.54. The highest BCUT2D eigenvalue weighted by Gasteiger charge is 2.18. The number of nitrogens with zero attached hydrogens (tertiary/aromatic N) is 2. The third-order valence-electron chi connectivity index (χ3n) is 6.59. The smallest absolute Gasteiger partial charge is 0.259 e. The number of thiophene rings is 1. The first kappa shape index (κ1) is 25.3. The molecule has 0 unspecified atom stereocenters. The fourth-order valence-corrected chi connectivity index (χ4v) is 5.35. The lowest BCUT2D eigenvalue weighted by Gasteiger charge is -2.31. The van der Waals surface area contributed by atoms with Gasteiger partial charge in [-0.25, -0.2) is 4.98 Å². The molecule has 1 fully saturated rings. The lowest BCUT2D eigenvalue weighted by molar-refractivity contribution is -0.121. The maximum Gasteiger partial charge on any atom is 0.259 e. The summed E-state index contributed by atoms with van der Waals surface area (Å²) in [5.41, 5.74) is 1.81. The number of nitrogens with one attached hydrogen (secondary N) is 2. The molecule has 0 spiro atoms. The summed E-state index contributed by atoms with van der Waals surface area (Å²) >= 11 is 1.51. The number of fused-ring (bicyclic) bond motifs is 1. The van der Waals surface area contributed by atoms with Crippen molar-refractivity contribution in [2.75, 3.05) is 33.4 Å². The molecule has 1 aliphatic rings. The number of aromatic nitrogens is 2.